The molecule has 4 aromatic rings. The van der Waals surface area contributed by atoms with Crippen molar-refractivity contribution >= 4 is 16.8 Å². The third-order valence-corrected chi connectivity index (χ3v) is 6.91. The summed E-state index contributed by atoms with van der Waals surface area (Å²) >= 11 is 0. The number of carbonyl (C=O) groups excluding carboxylic acids is 1. The van der Waals surface area contributed by atoms with Gasteiger partial charge >= 0.3 is 0 Å². The number of nitrogens with one attached hydrogen (secondary N) is 3. The van der Waals surface area contributed by atoms with E-state index in [0.717, 1.165) is 38.9 Å². The number of hydrogen-bond donors (Lipinski definition) is 3. The van der Waals surface area contributed by atoms with E-state index in [-0.39, 0.29) is 17.5 Å². The van der Waals surface area contributed by atoms with E-state index < -0.39 is 0 Å². The van der Waals surface area contributed by atoms with Gasteiger partial charge in [0.05, 0.1) is 16.5 Å². The molecule has 6 heteroatoms. The SMILES string of the molecule is O=C(NC1CCN(CCC(c2ccccc2)c2ccccc2)CC1)c1cccc2[nH][nH]c(=O)c12. The van der Waals surface area contributed by atoms with E-state index in [0.29, 0.717) is 22.4 Å². The lowest BCUT2D eigenvalue weighted by Gasteiger charge is -2.33. The second-order valence-electron chi connectivity index (χ2n) is 9.06. The van der Waals surface area contributed by atoms with E-state index in [1.807, 2.05) is 0 Å². The Kier molecular flexibility index (Phi) is 6.58. The molecule has 34 heavy (non-hydrogen) atoms. The van der Waals surface area contributed by atoms with Crippen LogP contribution in [0.1, 0.15) is 46.7 Å². The van der Waals surface area contributed by atoms with E-state index in [4.69, 9.17) is 0 Å². The van der Waals surface area contributed by atoms with Crippen LogP contribution in [0.5, 0.6) is 0 Å². The van der Waals surface area contributed by atoms with Gasteiger partial charge in [-0.15, -0.1) is 0 Å². The molecule has 0 unspecified atom stereocenters. The monoisotopic (exact) mass is 454 g/mol. The largest absolute Gasteiger partial charge is 0.349 e. The maximum atomic E-state index is 12.9. The van der Waals surface area contributed by atoms with Crippen molar-refractivity contribution in [1.29, 1.82) is 0 Å². The van der Waals surface area contributed by atoms with Gasteiger partial charge in [0.2, 0.25) is 0 Å². The summed E-state index contributed by atoms with van der Waals surface area (Å²) in [5.74, 6) is 0.196. The van der Waals surface area contributed by atoms with E-state index in [1.54, 1.807) is 18.2 Å². The first-order valence-electron chi connectivity index (χ1n) is 12.0. The molecule has 3 aromatic carbocycles. The molecule has 1 fully saturated rings. The van der Waals surface area contributed by atoms with Gasteiger partial charge in [0.1, 0.15) is 0 Å². The summed E-state index contributed by atoms with van der Waals surface area (Å²) in [7, 11) is 0. The van der Waals surface area contributed by atoms with Gasteiger partial charge in [-0.05, 0) is 49.1 Å². The summed E-state index contributed by atoms with van der Waals surface area (Å²) in [6.07, 6.45) is 2.88. The Balaban J connectivity index is 1.18. The van der Waals surface area contributed by atoms with Gasteiger partial charge < -0.3 is 10.2 Å². The van der Waals surface area contributed by atoms with Crippen molar-refractivity contribution in [1.82, 2.24) is 20.4 Å². The number of likely N-dealkylation sites (tertiary alicyclic amines) is 1. The Morgan fingerprint density at radius 3 is 2.18 bits per heavy atom. The summed E-state index contributed by atoms with van der Waals surface area (Å²) in [5.41, 5.74) is 3.52. The highest BCUT2D eigenvalue weighted by Gasteiger charge is 2.24. The molecule has 0 saturated carbocycles. The molecule has 1 amide bonds. The summed E-state index contributed by atoms with van der Waals surface area (Å²) in [6.45, 7) is 2.93. The Bertz CT molecular complexity index is 1250. The van der Waals surface area contributed by atoms with Crippen molar-refractivity contribution in [2.24, 2.45) is 0 Å². The number of hydrogen-bond acceptors (Lipinski definition) is 3. The molecular formula is C28H30N4O2. The third kappa shape index (κ3) is 4.82. The lowest BCUT2D eigenvalue weighted by Crippen LogP contribution is -2.45. The average Bonchev–Trinajstić information content (AvgIpc) is 3.27. The zero-order valence-electron chi connectivity index (χ0n) is 19.2. The zero-order valence-corrected chi connectivity index (χ0v) is 19.2. The molecule has 3 N–H and O–H groups in total. The van der Waals surface area contributed by atoms with Crippen molar-refractivity contribution in [3.05, 3.63) is 106 Å². The second-order valence-corrected chi connectivity index (χ2v) is 9.06. The molecule has 1 aliphatic rings. The van der Waals surface area contributed by atoms with Gasteiger partial charge in [-0.25, -0.2) is 0 Å². The predicted molar refractivity (Wildman–Crippen MR) is 135 cm³/mol. The van der Waals surface area contributed by atoms with Gasteiger partial charge in [-0.1, -0.05) is 66.7 Å². The fourth-order valence-electron chi connectivity index (χ4n) is 5.05. The van der Waals surface area contributed by atoms with Crippen LogP contribution < -0.4 is 10.9 Å². The highest BCUT2D eigenvalue weighted by Crippen LogP contribution is 2.28. The summed E-state index contributed by atoms with van der Waals surface area (Å²) in [5, 5.41) is 8.95. The van der Waals surface area contributed by atoms with Crippen LogP contribution in [0.4, 0.5) is 0 Å². The molecule has 1 aromatic heterocycles. The van der Waals surface area contributed by atoms with Gasteiger partial charge in [-0.3, -0.25) is 19.8 Å². The van der Waals surface area contributed by atoms with Crippen LogP contribution >= 0.6 is 0 Å². The number of benzene rings is 3. The molecule has 2 heterocycles. The fraction of sp³-hybridized carbons (Fsp3) is 0.286. The topological polar surface area (TPSA) is 81.0 Å². The first-order valence-corrected chi connectivity index (χ1v) is 12.0. The number of nitrogens with zero attached hydrogens (tertiary/aromatic N) is 1. The molecule has 174 valence electrons. The molecule has 0 aliphatic carbocycles. The van der Waals surface area contributed by atoms with E-state index >= 15 is 0 Å². The summed E-state index contributed by atoms with van der Waals surface area (Å²) in [4.78, 5) is 27.5. The van der Waals surface area contributed by atoms with Crippen molar-refractivity contribution in [3.8, 4) is 0 Å². The molecule has 0 bridgehead atoms. The van der Waals surface area contributed by atoms with Crippen LogP contribution in [-0.4, -0.2) is 46.7 Å². The Labute approximate surface area is 199 Å². The van der Waals surface area contributed by atoms with Gasteiger partial charge in [0.15, 0.2) is 0 Å². The molecule has 5 rings (SSSR count). The number of piperidine rings is 1. The molecule has 0 spiro atoms. The van der Waals surface area contributed by atoms with E-state index in [1.165, 1.54) is 11.1 Å². The minimum absolute atomic E-state index is 0.121. The lowest BCUT2D eigenvalue weighted by molar-refractivity contribution is 0.0912. The number of amides is 1. The predicted octanol–water partition coefficient (Wildman–Crippen LogP) is 4.27. The molecular weight excluding hydrogens is 424 g/mol. The van der Waals surface area contributed by atoms with Crippen molar-refractivity contribution < 1.29 is 4.79 Å². The number of aromatic nitrogens is 2. The summed E-state index contributed by atoms with van der Waals surface area (Å²) < 4.78 is 0. The molecule has 0 radical (unpaired) electrons. The maximum Gasteiger partial charge on any atom is 0.272 e. The highest BCUT2D eigenvalue weighted by atomic mass is 16.2. The van der Waals surface area contributed by atoms with Gasteiger partial charge in [0.25, 0.3) is 11.5 Å². The van der Waals surface area contributed by atoms with Crippen molar-refractivity contribution in [2.75, 3.05) is 19.6 Å². The number of fused-ring (bicyclic) bond motifs is 1. The van der Waals surface area contributed by atoms with Crippen LogP contribution in [0, 0.1) is 0 Å². The number of rotatable bonds is 7. The molecule has 1 aliphatic heterocycles. The lowest BCUT2D eigenvalue weighted by atomic mass is 9.88. The van der Waals surface area contributed by atoms with Crippen LogP contribution in [0.25, 0.3) is 10.9 Å². The van der Waals surface area contributed by atoms with Crippen LogP contribution in [0.3, 0.4) is 0 Å². The number of H-pyrrole nitrogens is 2. The van der Waals surface area contributed by atoms with Crippen LogP contribution in [0.2, 0.25) is 0 Å². The van der Waals surface area contributed by atoms with Gasteiger partial charge in [0, 0.05) is 25.0 Å². The Morgan fingerprint density at radius 1 is 0.882 bits per heavy atom. The number of aromatic amines is 2. The minimum atomic E-state index is -0.262. The quantitative estimate of drug-likeness (QED) is 0.390. The van der Waals surface area contributed by atoms with E-state index in [9.17, 15) is 9.59 Å². The Hall–Kier alpha value is -3.64. The van der Waals surface area contributed by atoms with Crippen molar-refractivity contribution in [3.63, 3.8) is 0 Å². The number of carbonyl (C=O) groups is 1. The van der Waals surface area contributed by atoms with Crippen molar-refractivity contribution in [2.45, 2.75) is 31.2 Å². The first-order chi connectivity index (χ1) is 16.7. The first kappa shape index (κ1) is 22.2. The zero-order chi connectivity index (χ0) is 23.3. The second kappa shape index (κ2) is 10.1. The van der Waals surface area contributed by atoms with Crippen LogP contribution in [-0.2, 0) is 0 Å². The maximum absolute atomic E-state index is 12.9. The average molecular weight is 455 g/mol. The minimum Gasteiger partial charge on any atom is -0.349 e. The Morgan fingerprint density at radius 2 is 1.53 bits per heavy atom. The molecule has 0 atom stereocenters. The van der Waals surface area contributed by atoms with Gasteiger partial charge in [-0.2, -0.15) is 0 Å². The molecule has 6 nitrogen and oxygen atoms in total. The normalized spacial score (nSPS) is 15.1. The fourth-order valence-corrected chi connectivity index (χ4v) is 5.05. The standard InChI is InChI=1S/C28H30N4O2/c33-27(24-12-7-13-25-26(24)28(34)31-30-25)29-22-14-17-32(18-15-22)19-16-23(20-8-3-1-4-9-20)21-10-5-2-6-11-21/h1-13,22-23H,14-19H2,(H,29,33)(H2,30,31,34). The molecule has 1 saturated heterocycles. The smallest absolute Gasteiger partial charge is 0.272 e. The van der Waals surface area contributed by atoms with Crippen LogP contribution in [0.15, 0.2) is 83.7 Å². The summed E-state index contributed by atoms with van der Waals surface area (Å²) in [6, 6.07) is 26.9. The third-order valence-electron chi connectivity index (χ3n) is 6.91. The highest BCUT2D eigenvalue weighted by molar-refractivity contribution is 6.06. The van der Waals surface area contributed by atoms with E-state index in [2.05, 4.69) is 81.1 Å².